The number of rotatable bonds is 2. The zero-order valence-corrected chi connectivity index (χ0v) is 9.45. The van der Waals surface area contributed by atoms with Gasteiger partial charge in [-0.2, -0.15) is 0 Å². The van der Waals surface area contributed by atoms with E-state index in [1.165, 1.54) is 11.3 Å². The summed E-state index contributed by atoms with van der Waals surface area (Å²) in [5.74, 6) is 0. The maximum absolute atomic E-state index is 9.78. The third-order valence-electron chi connectivity index (χ3n) is 1.98. The van der Waals surface area contributed by atoms with Crippen molar-refractivity contribution in [3.63, 3.8) is 0 Å². The number of pyridine rings is 1. The Hall–Kier alpha value is -1.26. The second-order valence-corrected chi connectivity index (χ2v) is 4.70. The number of aliphatic hydroxyl groups is 1. The Labute approximate surface area is 92.5 Å². The lowest BCUT2D eigenvalue weighted by Crippen LogP contribution is -2.14. The number of aromatic nitrogens is 2. The molecule has 0 atom stereocenters. The van der Waals surface area contributed by atoms with Gasteiger partial charge in [0.05, 0.1) is 5.69 Å². The molecule has 0 aliphatic rings. The van der Waals surface area contributed by atoms with E-state index in [4.69, 9.17) is 0 Å². The average molecular weight is 220 g/mol. The Bertz CT molecular complexity index is 445. The van der Waals surface area contributed by atoms with Crippen molar-refractivity contribution < 1.29 is 5.11 Å². The zero-order valence-electron chi connectivity index (χ0n) is 8.64. The Morgan fingerprint density at radius 1 is 1.40 bits per heavy atom. The standard InChI is InChI=1S/C11H12N2OS/c1-11(2,14)10-13-9(7-15-10)8-4-3-5-12-6-8/h3-7,14H,1-2H3. The van der Waals surface area contributed by atoms with Gasteiger partial charge in [0.1, 0.15) is 10.6 Å². The van der Waals surface area contributed by atoms with Crippen LogP contribution in [0.2, 0.25) is 0 Å². The molecule has 0 fully saturated rings. The Morgan fingerprint density at radius 3 is 2.73 bits per heavy atom. The first-order valence-corrected chi connectivity index (χ1v) is 5.54. The Morgan fingerprint density at radius 2 is 2.20 bits per heavy atom. The van der Waals surface area contributed by atoms with Crippen molar-refractivity contribution in [1.82, 2.24) is 9.97 Å². The molecule has 2 aromatic rings. The fourth-order valence-corrected chi connectivity index (χ4v) is 2.05. The highest BCUT2D eigenvalue weighted by Gasteiger charge is 2.20. The second kappa shape index (κ2) is 3.72. The van der Waals surface area contributed by atoms with Gasteiger partial charge in [0.15, 0.2) is 0 Å². The van der Waals surface area contributed by atoms with Crippen molar-refractivity contribution in [2.75, 3.05) is 0 Å². The molecule has 0 aromatic carbocycles. The van der Waals surface area contributed by atoms with Gasteiger partial charge in [-0.05, 0) is 26.0 Å². The highest BCUT2D eigenvalue weighted by molar-refractivity contribution is 7.10. The minimum atomic E-state index is -0.870. The van der Waals surface area contributed by atoms with Crippen molar-refractivity contribution in [2.45, 2.75) is 19.4 Å². The molecule has 1 N–H and O–H groups in total. The summed E-state index contributed by atoms with van der Waals surface area (Å²) in [6.07, 6.45) is 3.50. The van der Waals surface area contributed by atoms with Gasteiger partial charge >= 0.3 is 0 Å². The molecular weight excluding hydrogens is 208 g/mol. The summed E-state index contributed by atoms with van der Waals surface area (Å²) in [4.78, 5) is 8.41. The number of hydrogen-bond donors (Lipinski definition) is 1. The van der Waals surface area contributed by atoms with Crippen molar-refractivity contribution >= 4 is 11.3 Å². The maximum atomic E-state index is 9.78. The normalized spacial score (nSPS) is 11.7. The maximum Gasteiger partial charge on any atom is 0.124 e. The first-order chi connectivity index (χ1) is 7.07. The number of nitrogens with zero attached hydrogens (tertiary/aromatic N) is 2. The van der Waals surface area contributed by atoms with E-state index in [1.54, 1.807) is 26.2 Å². The fourth-order valence-electron chi connectivity index (χ4n) is 1.20. The molecule has 0 unspecified atom stereocenters. The molecule has 0 saturated carbocycles. The molecule has 3 nitrogen and oxygen atoms in total. The Kier molecular flexibility index (Phi) is 2.54. The predicted molar refractivity (Wildman–Crippen MR) is 60.6 cm³/mol. The summed E-state index contributed by atoms with van der Waals surface area (Å²) < 4.78 is 0. The van der Waals surface area contributed by atoms with E-state index in [9.17, 15) is 5.11 Å². The highest BCUT2D eigenvalue weighted by atomic mass is 32.1. The highest BCUT2D eigenvalue weighted by Crippen LogP contribution is 2.27. The van der Waals surface area contributed by atoms with Crippen molar-refractivity contribution in [3.8, 4) is 11.3 Å². The summed E-state index contributed by atoms with van der Waals surface area (Å²) in [5, 5.41) is 12.4. The third-order valence-corrected chi connectivity index (χ3v) is 3.14. The third kappa shape index (κ3) is 2.22. The summed E-state index contributed by atoms with van der Waals surface area (Å²) in [6.45, 7) is 3.47. The quantitative estimate of drug-likeness (QED) is 0.845. The van der Waals surface area contributed by atoms with Crippen LogP contribution < -0.4 is 0 Å². The van der Waals surface area contributed by atoms with Gasteiger partial charge in [-0.25, -0.2) is 4.98 Å². The van der Waals surface area contributed by atoms with Crippen LogP contribution in [-0.2, 0) is 5.60 Å². The lowest BCUT2D eigenvalue weighted by atomic mass is 10.1. The van der Waals surface area contributed by atoms with E-state index < -0.39 is 5.60 Å². The molecule has 0 bridgehead atoms. The largest absolute Gasteiger partial charge is 0.383 e. The van der Waals surface area contributed by atoms with E-state index in [1.807, 2.05) is 17.5 Å². The van der Waals surface area contributed by atoms with Gasteiger partial charge in [0.2, 0.25) is 0 Å². The van der Waals surface area contributed by atoms with Gasteiger partial charge in [-0.1, -0.05) is 0 Å². The van der Waals surface area contributed by atoms with Crippen LogP contribution in [0.4, 0.5) is 0 Å². The molecule has 0 spiro atoms. The molecular formula is C11H12N2OS. The molecule has 2 rings (SSSR count). The molecule has 2 aromatic heterocycles. The zero-order chi connectivity index (χ0) is 10.9. The molecule has 0 aliphatic heterocycles. The van der Waals surface area contributed by atoms with E-state index in [0.717, 1.165) is 16.3 Å². The van der Waals surface area contributed by atoms with Gasteiger partial charge < -0.3 is 5.11 Å². The molecule has 15 heavy (non-hydrogen) atoms. The van der Waals surface area contributed by atoms with Crippen LogP contribution in [0.25, 0.3) is 11.3 Å². The van der Waals surface area contributed by atoms with Crippen LogP contribution >= 0.6 is 11.3 Å². The van der Waals surface area contributed by atoms with Crippen LogP contribution in [0.3, 0.4) is 0 Å². The summed E-state index contributed by atoms with van der Waals surface area (Å²) >= 11 is 1.46. The van der Waals surface area contributed by atoms with E-state index in [-0.39, 0.29) is 0 Å². The van der Waals surface area contributed by atoms with Crippen molar-refractivity contribution in [3.05, 3.63) is 34.9 Å². The van der Waals surface area contributed by atoms with Crippen LogP contribution in [0.5, 0.6) is 0 Å². The minimum Gasteiger partial charge on any atom is -0.383 e. The lowest BCUT2D eigenvalue weighted by Gasteiger charge is -2.12. The molecule has 0 saturated heterocycles. The molecule has 0 amide bonds. The van der Waals surface area contributed by atoms with Crippen molar-refractivity contribution in [1.29, 1.82) is 0 Å². The molecule has 2 heterocycles. The SMILES string of the molecule is CC(C)(O)c1nc(-c2cccnc2)cs1. The first kappa shape index (κ1) is 10.3. The molecule has 0 radical (unpaired) electrons. The van der Waals surface area contributed by atoms with Gasteiger partial charge in [-0.15, -0.1) is 11.3 Å². The Balaban J connectivity index is 2.37. The van der Waals surface area contributed by atoms with E-state index in [2.05, 4.69) is 9.97 Å². The van der Waals surface area contributed by atoms with E-state index >= 15 is 0 Å². The summed E-state index contributed by atoms with van der Waals surface area (Å²) in [5.41, 5.74) is 0.972. The van der Waals surface area contributed by atoms with Crippen LogP contribution in [0, 0.1) is 0 Å². The fraction of sp³-hybridized carbons (Fsp3) is 0.273. The summed E-state index contributed by atoms with van der Waals surface area (Å²) in [6, 6.07) is 3.83. The number of thiazole rings is 1. The first-order valence-electron chi connectivity index (χ1n) is 4.66. The molecule has 4 heteroatoms. The van der Waals surface area contributed by atoms with Crippen LogP contribution in [-0.4, -0.2) is 15.1 Å². The molecule has 0 aliphatic carbocycles. The predicted octanol–water partition coefficient (Wildman–Crippen LogP) is 2.43. The minimum absolute atomic E-state index is 0.723. The number of hydrogen-bond acceptors (Lipinski definition) is 4. The van der Waals surface area contributed by atoms with Gasteiger partial charge in [0.25, 0.3) is 0 Å². The molecule has 78 valence electrons. The monoisotopic (exact) mass is 220 g/mol. The second-order valence-electron chi connectivity index (χ2n) is 3.84. The van der Waals surface area contributed by atoms with Crippen LogP contribution in [0.15, 0.2) is 29.9 Å². The smallest absolute Gasteiger partial charge is 0.124 e. The van der Waals surface area contributed by atoms with Crippen LogP contribution in [0.1, 0.15) is 18.9 Å². The van der Waals surface area contributed by atoms with E-state index in [0.29, 0.717) is 0 Å². The average Bonchev–Trinajstić information content (AvgIpc) is 2.67. The van der Waals surface area contributed by atoms with Gasteiger partial charge in [-0.3, -0.25) is 4.98 Å². The summed E-state index contributed by atoms with van der Waals surface area (Å²) in [7, 11) is 0. The van der Waals surface area contributed by atoms with Gasteiger partial charge in [0, 0.05) is 23.3 Å². The van der Waals surface area contributed by atoms with Crippen molar-refractivity contribution in [2.24, 2.45) is 0 Å². The lowest BCUT2D eigenvalue weighted by molar-refractivity contribution is 0.0783. The topological polar surface area (TPSA) is 46.0 Å².